The number of aryl methyl sites for hydroxylation is 2. The van der Waals surface area contributed by atoms with Crippen LogP contribution in [0.3, 0.4) is 0 Å². The Hall–Kier alpha value is -3.28. The van der Waals surface area contributed by atoms with E-state index >= 15 is 0 Å². The van der Waals surface area contributed by atoms with Gasteiger partial charge in [0.05, 0.1) is 0 Å². The summed E-state index contributed by atoms with van der Waals surface area (Å²) >= 11 is 0. The molecule has 6 heteroatoms. The molecule has 1 amide bonds. The molecule has 0 bridgehead atoms. The van der Waals surface area contributed by atoms with Gasteiger partial charge < -0.3 is 20.1 Å². The fraction of sp³-hybridized carbons (Fsp3) is 0.273. The number of para-hydroxylation sites is 1. The van der Waals surface area contributed by atoms with E-state index in [1.807, 2.05) is 57.2 Å². The van der Waals surface area contributed by atoms with Crippen LogP contribution in [0.15, 0.2) is 42.6 Å². The summed E-state index contributed by atoms with van der Waals surface area (Å²) in [5.41, 5.74) is 4.76. The zero-order valence-corrected chi connectivity index (χ0v) is 16.2. The minimum absolute atomic E-state index is 0.188. The van der Waals surface area contributed by atoms with Crippen LogP contribution >= 0.6 is 0 Å². The van der Waals surface area contributed by atoms with E-state index in [0.717, 1.165) is 33.2 Å². The van der Waals surface area contributed by atoms with Crippen molar-refractivity contribution in [3.05, 3.63) is 64.8 Å². The third-order valence-corrected chi connectivity index (χ3v) is 4.95. The Labute approximate surface area is 163 Å². The van der Waals surface area contributed by atoms with Gasteiger partial charge in [0.25, 0.3) is 5.91 Å². The topological polar surface area (TPSA) is 91.4 Å². The Morgan fingerprint density at radius 3 is 2.57 bits per heavy atom. The van der Waals surface area contributed by atoms with Crippen LogP contribution in [0.4, 0.5) is 0 Å². The molecular formula is C22H24N2O4. The zero-order chi connectivity index (χ0) is 20.3. The largest absolute Gasteiger partial charge is 0.483 e. The lowest BCUT2D eigenvalue weighted by Gasteiger charge is -2.17. The second kappa shape index (κ2) is 8.17. The quantitative estimate of drug-likeness (QED) is 0.587. The van der Waals surface area contributed by atoms with Crippen LogP contribution in [-0.2, 0) is 16.0 Å². The van der Waals surface area contributed by atoms with Crippen molar-refractivity contribution in [3.8, 4) is 5.75 Å². The first-order chi connectivity index (χ1) is 13.4. The van der Waals surface area contributed by atoms with Crippen molar-refractivity contribution in [2.75, 3.05) is 6.61 Å². The number of aromatic nitrogens is 1. The maximum absolute atomic E-state index is 12.3. The molecular weight excluding hydrogens is 356 g/mol. The fourth-order valence-corrected chi connectivity index (χ4v) is 3.24. The molecule has 3 N–H and O–H groups in total. The molecule has 0 saturated heterocycles. The number of aliphatic carboxylic acids is 1. The summed E-state index contributed by atoms with van der Waals surface area (Å²) in [5.74, 6) is -0.882. The number of ether oxygens (including phenoxy) is 1. The van der Waals surface area contributed by atoms with E-state index in [1.165, 1.54) is 0 Å². The van der Waals surface area contributed by atoms with Crippen LogP contribution in [0.25, 0.3) is 10.9 Å². The number of hydrogen-bond donors (Lipinski definition) is 3. The van der Waals surface area contributed by atoms with Gasteiger partial charge in [0.1, 0.15) is 11.8 Å². The minimum atomic E-state index is -1.08. The van der Waals surface area contributed by atoms with Gasteiger partial charge in [-0.25, -0.2) is 4.79 Å². The number of fused-ring (bicyclic) bond motifs is 1. The van der Waals surface area contributed by atoms with Crippen molar-refractivity contribution in [3.63, 3.8) is 0 Å². The van der Waals surface area contributed by atoms with Crippen LogP contribution in [0, 0.1) is 20.8 Å². The van der Waals surface area contributed by atoms with Gasteiger partial charge in [-0.2, -0.15) is 0 Å². The monoisotopic (exact) mass is 380 g/mol. The Balaban J connectivity index is 1.67. The summed E-state index contributed by atoms with van der Waals surface area (Å²) in [6.07, 6.45) is 1.97. The highest BCUT2D eigenvalue weighted by molar-refractivity contribution is 5.87. The van der Waals surface area contributed by atoms with Crippen molar-refractivity contribution in [2.24, 2.45) is 0 Å². The maximum Gasteiger partial charge on any atom is 0.326 e. The van der Waals surface area contributed by atoms with Gasteiger partial charge in [-0.3, -0.25) is 4.79 Å². The van der Waals surface area contributed by atoms with Crippen LogP contribution in [-0.4, -0.2) is 34.6 Å². The highest BCUT2D eigenvalue weighted by atomic mass is 16.5. The number of hydrogen-bond acceptors (Lipinski definition) is 3. The Bertz CT molecular complexity index is 1020. The minimum Gasteiger partial charge on any atom is -0.483 e. The number of carbonyl (C=O) groups is 2. The van der Waals surface area contributed by atoms with Crippen molar-refractivity contribution < 1.29 is 19.4 Å². The average Bonchev–Trinajstić information content (AvgIpc) is 3.07. The van der Waals surface area contributed by atoms with E-state index < -0.39 is 17.9 Å². The molecule has 1 aromatic heterocycles. The lowest BCUT2D eigenvalue weighted by Crippen LogP contribution is -2.44. The molecule has 0 unspecified atom stereocenters. The van der Waals surface area contributed by atoms with E-state index in [4.69, 9.17) is 4.74 Å². The highest BCUT2D eigenvalue weighted by Crippen LogP contribution is 2.25. The Morgan fingerprint density at radius 1 is 1.11 bits per heavy atom. The normalized spacial score (nSPS) is 12.0. The van der Waals surface area contributed by atoms with E-state index in [-0.39, 0.29) is 13.0 Å². The number of aromatic amines is 1. The van der Waals surface area contributed by atoms with Gasteiger partial charge >= 0.3 is 5.97 Å². The lowest BCUT2D eigenvalue weighted by atomic mass is 10.0. The Kier molecular flexibility index (Phi) is 5.68. The third-order valence-electron chi connectivity index (χ3n) is 4.95. The highest BCUT2D eigenvalue weighted by Gasteiger charge is 2.22. The van der Waals surface area contributed by atoms with Gasteiger partial charge in [-0.15, -0.1) is 0 Å². The fourth-order valence-electron chi connectivity index (χ4n) is 3.24. The van der Waals surface area contributed by atoms with E-state index in [0.29, 0.717) is 5.75 Å². The van der Waals surface area contributed by atoms with Crippen LogP contribution in [0.1, 0.15) is 22.3 Å². The zero-order valence-electron chi connectivity index (χ0n) is 16.2. The van der Waals surface area contributed by atoms with E-state index in [1.54, 1.807) is 6.20 Å². The molecule has 1 heterocycles. The average molecular weight is 380 g/mol. The van der Waals surface area contributed by atoms with Gasteiger partial charge in [0.2, 0.25) is 0 Å². The van der Waals surface area contributed by atoms with Gasteiger partial charge in [-0.1, -0.05) is 30.3 Å². The summed E-state index contributed by atoms with van der Waals surface area (Å²) in [6, 6.07) is 10.6. The predicted octanol–water partition coefficient (Wildman–Crippen LogP) is 3.28. The summed E-state index contributed by atoms with van der Waals surface area (Å²) in [6.45, 7) is 5.59. The van der Waals surface area contributed by atoms with Crippen LogP contribution in [0.5, 0.6) is 5.75 Å². The number of carbonyl (C=O) groups excluding carboxylic acids is 1. The summed E-state index contributed by atoms with van der Waals surface area (Å²) in [5, 5.41) is 13.1. The standard InChI is InChI=1S/C22H24N2O4/c1-13-8-9-14(2)21(15(13)3)28-12-20(25)24-19(22(26)27)10-16-11-23-18-7-5-4-6-17(16)18/h4-9,11,19,23H,10,12H2,1-3H3,(H,24,25)(H,26,27)/t19-/m0/s1. The van der Waals surface area contributed by atoms with Gasteiger partial charge in [0, 0.05) is 23.5 Å². The van der Waals surface area contributed by atoms with Gasteiger partial charge in [-0.05, 0) is 49.1 Å². The molecule has 0 saturated carbocycles. The smallest absolute Gasteiger partial charge is 0.326 e. The van der Waals surface area contributed by atoms with E-state index in [9.17, 15) is 14.7 Å². The van der Waals surface area contributed by atoms with Crippen molar-refractivity contribution in [2.45, 2.75) is 33.2 Å². The SMILES string of the molecule is Cc1ccc(C)c(OCC(=O)N[C@@H](Cc2c[nH]c3ccccc23)C(=O)O)c1C. The summed E-state index contributed by atoms with van der Waals surface area (Å²) in [4.78, 5) is 27.1. The number of carboxylic acid groups (broad SMARTS) is 1. The molecule has 6 nitrogen and oxygen atoms in total. The number of carboxylic acids is 1. The molecule has 0 radical (unpaired) electrons. The first kappa shape index (κ1) is 19.5. The van der Waals surface area contributed by atoms with Gasteiger partial charge in [0.15, 0.2) is 6.61 Å². The predicted molar refractivity (Wildman–Crippen MR) is 108 cm³/mol. The second-order valence-electron chi connectivity index (χ2n) is 6.96. The third kappa shape index (κ3) is 4.17. The first-order valence-electron chi connectivity index (χ1n) is 9.13. The molecule has 0 fully saturated rings. The molecule has 0 aliphatic carbocycles. The van der Waals surface area contributed by atoms with Crippen LogP contribution in [0.2, 0.25) is 0 Å². The van der Waals surface area contributed by atoms with Crippen LogP contribution < -0.4 is 10.1 Å². The first-order valence-corrected chi connectivity index (χ1v) is 9.13. The van der Waals surface area contributed by atoms with Crippen molar-refractivity contribution >= 4 is 22.8 Å². The molecule has 0 aliphatic rings. The summed E-state index contributed by atoms with van der Waals surface area (Å²) in [7, 11) is 0. The molecule has 0 aliphatic heterocycles. The van der Waals surface area contributed by atoms with Crippen molar-refractivity contribution in [1.29, 1.82) is 0 Å². The number of nitrogens with one attached hydrogen (secondary N) is 2. The molecule has 2 aromatic carbocycles. The number of amides is 1. The molecule has 3 rings (SSSR count). The van der Waals surface area contributed by atoms with E-state index in [2.05, 4.69) is 10.3 Å². The second-order valence-corrected chi connectivity index (χ2v) is 6.96. The number of benzene rings is 2. The van der Waals surface area contributed by atoms with Crippen molar-refractivity contribution in [1.82, 2.24) is 10.3 Å². The molecule has 3 aromatic rings. The molecule has 28 heavy (non-hydrogen) atoms. The summed E-state index contributed by atoms with van der Waals surface area (Å²) < 4.78 is 5.69. The lowest BCUT2D eigenvalue weighted by molar-refractivity contribution is -0.142. The molecule has 1 atom stereocenters. The number of H-pyrrole nitrogens is 1. The molecule has 146 valence electrons. The number of rotatable bonds is 7. The maximum atomic E-state index is 12.3. The molecule has 0 spiro atoms. The Morgan fingerprint density at radius 2 is 1.82 bits per heavy atom.